The number of para-hydroxylation sites is 1. The number of aromatic hydroxyl groups is 1. The average molecular weight is 430 g/mol. The van der Waals surface area contributed by atoms with E-state index in [1.807, 2.05) is 0 Å². The van der Waals surface area contributed by atoms with Crippen LogP contribution in [0.15, 0.2) is 29.1 Å². The van der Waals surface area contributed by atoms with Crippen LogP contribution in [0.1, 0.15) is 87.9 Å². The van der Waals surface area contributed by atoms with Crippen LogP contribution < -0.4 is 16.4 Å². The monoisotopic (exact) mass is 429 g/mol. The summed E-state index contributed by atoms with van der Waals surface area (Å²) < 4.78 is 1.30. The number of aryl methyl sites for hydroxylation is 1. The van der Waals surface area contributed by atoms with Crippen LogP contribution in [-0.4, -0.2) is 21.5 Å². The lowest BCUT2D eigenvalue weighted by Gasteiger charge is -2.12. The fourth-order valence-electron chi connectivity index (χ4n) is 3.71. The van der Waals surface area contributed by atoms with Crippen LogP contribution in [0, 0.1) is 0 Å². The van der Waals surface area contributed by atoms with Gasteiger partial charge in [0.15, 0.2) is 0 Å². The summed E-state index contributed by atoms with van der Waals surface area (Å²) in [5.41, 5.74) is 4.09. The number of nitrogens with one attached hydrogen (secondary N) is 2. The molecule has 7 nitrogen and oxygen atoms in total. The van der Waals surface area contributed by atoms with Gasteiger partial charge >= 0.3 is 0 Å². The van der Waals surface area contributed by atoms with Crippen LogP contribution in [0.4, 0.5) is 0 Å². The number of nitrogens with zero attached hydrogens (tertiary/aromatic N) is 1. The Labute approximate surface area is 183 Å². The molecule has 31 heavy (non-hydrogen) atoms. The molecule has 2 aromatic rings. The molecule has 0 atom stereocenters. The largest absolute Gasteiger partial charge is 0.506 e. The lowest BCUT2D eigenvalue weighted by Crippen LogP contribution is -2.43. The van der Waals surface area contributed by atoms with Crippen molar-refractivity contribution in [1.82, 2.24) is 15.4 Å². The van der Waals surface area contributed by atoms with E-state index in [4.69, 9.17) is 0 Å². The van der Waals surface area contributed by atoms with Crippen molar-refractivity contribution in [2.75, 3.05) is 0 Å². The van der Waals surface area contributed by atoms with Gasteiger partial charge in [0, 0.05) is 18.9 Å². The van der Waals surface area contributed by atoms with Crippen molar-refractivity contribution in [3.8, 4) is 5.75 Å². The number of amides is 2. The molecule has 170 valence electrons. The second kappa shape index (κ2) is 12.8. The van der Waals surface area contributed by atoms with E-state index in [0.29, 0.717) is 17.3 Å². The van der Waals surface area contributed by atoms with Gasteiger partial charge in [-0.15, -0.1) is 0 Å². The first kappa shape index (κ1) is 24.4. The lowest BCUT2D eigenvalue weighted by molar-refractivity contribution is -0.122. The van der Waals surface area contributed by atoms with E-state index < -0.39 is 11.5 Å². The van der Waals surface area contributed by atoms with Crippen LogP contribution >= 0.6 is 0 Å². The molecular formula is C24H35N3O4. The summed E-state index contributed by atoms with van der Waals surface area (Å²) >= 11 is 0. The highest BCUT2D eigenvalue weighted by Gasteiger charge is 2.21. The van der Waals surface area contributed by atoms with Gasteiger partial charge < -0.3 is 9.67 Å². The highest BCUT2D eigenvalue weighted by molar-refractivity contribution is 6.02. The highest BCUT2D eigenvalue weighted by atomic mass is 16.3. The van der Waals surface area contributed by atoms with Crippen molar-refractivity contribution in [2.24, 2.45) is 7.05 Å². The molecule has 0 aliphatic carbocycles. The third kappa shape index (κ3) is 7.12. The number of rotatable bonds is 12. The molecule has 0 aliphatic heterocycles. The van der Waals surface area contributed by atoms with Crippen LogP contribution in [0.2, 0.25) is 0 Å². The normalized spacial score (nSPS) is 10.9. The Morgan fingerprint density at radius 1 is 0.903 bits per heavy atom. The van der Waals surface area contributed by atoms with Crippen molar-refractivity contribution < 1.29 is 14.7 Å². The second-order valence-electron chi connectivity index (χ2n) is 8.04. The molecule has 7 heteroatoms. The highest BCUT2D eigenvalue weighted by Crippen LogP contribution is 2.25. The minimum atomic E-state index is -0.833. The smallest absolute Gasteiger partial charge is 0.279 e. The average Bonchev–Trinajstić information content (AvgIpc) is 2.77. The number of benzene rings is 1. The van der Waals surface area contributed by atoms with Gasteiger partial charge in [-0.25, -0.2) is 0 Å². The van der Waals surface area contributed by atoms with E-state index in [9.17, 15) is 19.5 Å². The molecule has 0 fully saturated rings. The minimum absolute atomic E-state index is 0.304. The van der Waals surface area contributed by atoms with Crippen LogP contribution in [-0.2, 0) is 11.8 Å². The van der Waals surface area contributed by atoms with Gasteiger partial charge in [0.05, 0.1) is 5.52 Å². The molecule has 0 saturated heterocycles. The van der Waals surface area contributed by atoms with Crippen LogP contribution in [0.25, 0.3) is 10.9 Å². The zero-order chi connectivity index (χ0) is 22.6. The predicted molar refractivity (Wildman–Crippen MR) is 123 cm³/mol. The summed E-state index contributed by atoms with van der Waals surface area (Å²) in [5, 5.41) is 10.8. The summed E-state index contributed by atoms with van der Waals surface area (Å²) in [4.78, 5) is 36.9. The third-order valence-corrected chi connectivity index (χ3v) is 5.58. The Hall–Kier alpha value is -2.83. The Bertz CT molecular complexity index is 936. The Morgan fingerprint density at radius 2 is 1.48 bits per heavy atom. The number of carbonyl (C=O) groups is 2. The SMILES string of the molecule is CCCCCCCCCCCCC(=O)NNC(=O)c1c(O)c2ccccc2n(C)c1=O. The van der Waals surface area contributed by atoms with E-state index in [1.54, 1.807) is 24.3 Å². The molecule has 0 spiro atoms. The summed E-state index contributed by atoms with van der Waals surface area (Å²) in [6.45, 7) is 2.22. The van der Waals surface area contributed by atoms with Gasteiger partial charge in [-0.05, 0) is 18.6 Å². The first-order chi connectivity index (χ1) is 15.0. The maximum absolute atomic E-state index is 12.5. The molecule has 2 amide bonds. The molecule has 0 unspecified atom stereocenters. The number of hydrogen-bond donors (Lipinski definition) is 3. The zero-order valence-corrected chi connectivity index (χ0v) is 18.7. The predicted octanol–water partition coefficient (Wildman–Crippen LogP) is 4.32. The van der Waals surface area contributed by atoms with Gasteiger partial charge in [0.1, 0.15) is 11.3 Å². The Morgan fingerprint density at radius 3 is 2.13 bits per heavy atom. The van der Waals surface area contributed by atoms with Gasteiger partial charge in [-0.1, -0.05) is 76.8 Å². The number of pyridine rings is 1. The molecule has 1 aromatic heterocycles. The number of fused-ring (bicyclic) bond motifs is 1. The van der Waals surface area contributed by atoms with E-state index in [0.717, 1.165) is 19.3 Å². The van der Waals surface area contributed by atoms with Gasteiger partial charge in [-0.3, -0.25) is 25.2 Å². The van der Waals surface area contributed by atoms with Crippen LogP contribution in [0.5, 0.6) is 5.75 Å². The Balaban J connectivity index is 1.73. The van der Waals surface area contributed by atoms with E-state index in [2.05, 4.69) is 17.8 Å². The number of aromatic nitrogens is 1. The maximum atomic E-state index is 12.5. The number of unbranched alkanes of at least 4 members (excludes halogenated alkanes) is 9. The molecular weight excluding hydrogens is 394 g/mol. The molecule has 0 bridgehead atoms. The van der Waals surface area contributed by atoms with Crippen molar-refractivity contribution >= 4 is 22.7 Å². The first-order valence-corrected chi connectivity index (χ1v) is 11.4. The Kier molecular flexibility index (Phi) is 10.1. The molecule has 0 aliphatic rings. The number of carbonyl (C=O) groups excluding carboxylic acids is 2. The second-order valence-corrected chi connectivity index (χ2v) is 8.04. The van der Waals surface area contributed by atoms with Crippen molar-refractivity contribution in [1.29, 1.82) is 0 Å². The fourth-order valence-corrected chi connectivity index (χ4v) is 3.71. The van der Waals surface area contributed by atoms with Crippen molar-refractivity contribution in [3.63, 3.8) is 0 Å². The first-order valence-electron chi connectivity index (χ1n) is 11.4. The van der Waals surface area contributed by atoms with E-state index >= 15 is 0 Å². The third-order valence-electron chi connectivity index (χ3n) is 5.58. The molecule has 0 radical (unpaired) electrons. The van der Waals surface area contributed by atoms with E-state index in [-0.39, 0.29) is 17.2 Å². The summed E-state index contributed by atoms with van der Waals surface area (Å²) in [7, 11) is 1.53. The number of hydrazine groups is 1. The molecule has 1 heterocycles. The fraction of sp³-hybridized carbons (Fsp3) is 0.542. The summed E-state index contributed by atoms with van der Waals surface area (Å²) in [5.74, 6) is -1.54. The standard InChI is InChI=1S/C24H35N3O4/c1-3-4-5-6-7-8-9-10-11-12-17-20(28)25-26-23(30)21-22(29)18-15-13-14-16-19(18)27(2)24(21)31/h13-16,29H,3-12,17H2,1-2H3,(H,25,28)(H,26,30). The van der Waals surface area contributed by atoms with Gasteiger partial charge in [0.25, 0.3) is 11.5 Å². The topological polar surface area (TPSA) is 100 Å². The molecule has 1 aromatic carbocycles. The molecule has 0 saturated carbocycles. The summed E-state index contributed by atoms with van der Waals surface area (Å²) in [6.07, 6.45) is 12.1. The zero-order valence-electron chi connectivity index (χ0n) is 18.7. The summed E-state index contributed by atoms with van der Waals surface area (Å²) in [6, 6.07) is 6.77. The lowest BCUT2D eigenvalue weighted by atomic mass is 10.1. The minimum Gasteiger partial charge on any atom is -0.506 e. The van der Waals surface area contributed by atoms with Gasteiger partial charge in [-0.2, -0.15) is 0 Å². The molecule has 3 N–H and O–H groups in total. The molecule has 2 rings (SSSR count). The van der Waals surface area contributed by atoms with E-state index in [1.165, 1.54) is 56.6 Å². The van der Waals surface area contributed by atoms with Crippen molar-refractivity contribution in [2.45, 2.75) is 77.6 Å². The van der Waals surface area contributed by atoms with Gasteiger partial charge in [0.2, 0.25) is 5.91 Å². The van der Waals surface area contributed by atoms with Crippen molar-refractivity contribution in [3.05, 3.63) is 40.2 Å². The number of hydrogen-bond acceptors (Lipinski definition) is 4. The quantitative estimate of drug-likeness (QED) is 0.346. The maximum Gasteiger partial charge on any atom is 0.279 e. The van der Waals surface area contributed by atoms with Crippen LogP contribution in [0.3, 0.4) is 0 Å².